The predicted molar refractivity (Wildman–Crippen MR) is 97.5 cm³/mol. The van der Waals surface area contributed by atoms with Crippen LogP contribution in [-0.2, 0) is 10.5 Å². The number of anilines is 1. The molecule has 0 unspecified atom stereocenters. The van der Waals surface area contributed by atoms with E-state index >= 15 is 0 Å². The fourth-order valence-corrected chi connectivity index (χ4v) is 2.78. The first kappa shape index (κ1) is 17.9. The molecule has 0 saturated carbocycles. The average Bonchev–Trinajstić information content (AvgIpc) is 3.12. The molecule has 134 valence electrons. The molecule has 1 heterocycles. The molecule has 0 aliphatic rings. The number of thioether (sulfide) groups is 1. The molecular weight excluding hydrogens is 357 g/mol. The number of hydrogen-bond donors (Lipinski definition) is 1. The SMILES string of the molecule is COc1ccc(-c2noc(CSCC(=O)Nc3ccc(F)cc3)n2)cc1. The molecule has 0 saturated heterocycles. The second-order valence-corrected chi connectivity index (χ2v) is 6.27. The highest BCUT2D eigenvalue weighted by Gasteiger charge is 2.10. The summed E-state index contributed by atoms with van der Waals surface area (Å²) in [7, 11) is 1.60. The van der Waals surface area contributed by atoms with Gasteiger partial charge in [0.05, 0.1) is 18.6 Å². The third-order valence-corrected chi connectivity index (χ3v) is 4.32. The van der Waals surface area contributed by atoms with Gasteiger partial charge in [0.25, 0.3) is 0 Å². The lowest BCUT2D eigenvalue weighted by molar-refractivity contribution is -0.113. The van der Waals surface area contributed by atoms with Crippen LogP contribution in [0.3, 0.4) is 0 Å². The number of carbonyl (C=O) groups is 1. The van der Waals surface area contributed by atoms with Crippen molar-refractivity contribution < 1.29 is 18.4 Å². The number of benzene rings is 2. The van der Waals surface area contributed by atoms with Crippen LogP contribution in [0.15, 0.2) is 53.1 Å². The third-order valence-electron chi connectivity index (χ3n) is 3.40. The topological polar surface area (TPSA) is 77.2 Å². The van der Waals surface area contributed by atoms with E-state index in [0.717, 1.165) is 11.3 Å². The molecule has 3 aromatic rings. The van der Waals surface area contributed by atoms with Gasteiger partial charge in [-0.15, -0.1) is 11.8 Å². The van der Waals surface area contributed by atoms with Crippen LogP contribution in [0.5, 0.6) is 5.75 Å². The first-order chi connectivity index (χ1) is 12.6. The Morgan fingerprint density at radius 3 is 2.62 bits per heavy atom. The van der Waals surface area contributed by atoms with Crippen molar-refractivity contribution in [3.8, 4) is 17.1 Å². The predicted octanol–water partition coefficient (Wildman–Crippen LogP) is 3.76. The van der Waals surface area contributed by atoms with Crippen molar-refractivity contribution in [2.75, 3.05) is 18.2 Å². The van der Waals surface area contributed by atoms with E-state index in [-0.39, 0.29) is 17.5 Å². The fourth-order valence-electron chi connectivity index (χ4n) is 2.13. The molecule has 0 radical (unpaired) electrons. The number of amides is 1. The zero-order valence-electron chi connectivity index (χ0n) is 13.9. The summed E-state index contributed by atoms with van der Waals surface area (Å²) in [6.07, 6.45) is 0. The van der Waals surface area contributed by atoms with Crippen molar-refractivity contribution in [3.63, 3.8) is 0 Å². The standard InChI is InChI=1S/C18H16FN3O3S/c1-24-15-8-2-12(3-9-15)18-21-17(25-22-18)11-26-10-16(23)20-14-6-4-13(19)5-7-14/h2-9H,10-11H2,1H3,(H,20,23). The minimum Gasteiger partial charge on any atom is -0.497 e. The van der Waals surface area contributed by atoms with Crippen LogP contribution in [0, 0.1) is 5.82 Å². The van der Waals surface area contributed by atoms with E-state index in [1.807, 2.05) is 24.3 Å². The zero-order valence-corrected chi connectivity index (χ0v) is 14.8. The van der Waals surface area contributed by atoms with Gasteiger partial charge in [-0.05, 0) is 48.5 Å². The van der Waals surface area contributed by atoms with Crippen molar-refractivity contribution in [2.45, 2.75) is 5.75 Å². The van der Waals surface area contributed by atoms with Crippen LogP contribution in [0.2, 0.25) is 0 Å². The summed E-state index contributed by atoms with van der Waals surface area (Å²) in [5, 5.41) is 6.63. The van der Waals surface area contributed by atoms with Crippen molar-refractivity contribution >= 4 is 23.4 Å². The number of hydrogen-bond acceptors (Lipinski definition) is 6. The van der Waals surface area contributed by atoms with E-state index in [4.69, 9.17) is 9.26 Å². The number of nitrogens with zero attached hydrogens (tertiary/aromatic N) is 2. The molecule has 0 bridgehead atoms. The minimum absolute atomic E-state index is 0.184. The Labute approximate surface area is 153 Å². The van der Waals surface area contributed by atoms with Gasteiger partial charge in [0.2, 0.25) is 17.6 Å². The van der Waals surface area contributed by atoms with Crippen LogP contribution in [0.25, 0.3) is 11.4 Å². The van der Waals surface area contributed by atoms with E-state index in [2.05, 4.69) is 15.5 Å². The minimum atomic E-state index is -0.346. The first-order valence-electron chi connectivity index (χ1n) is 7.74. The van der Waals surface area contributed by atoms with Gasteiger partial charge in [0, 0.05) is 11.3 Å². The second-order valence-electron chi connectivity index (χ2n) is 5.29. The third kappa shape index (κ3) is 4.82. The van der Waals surface area contributed by atoms with Gasteiger partial charge < -0.3 is 14.6 Å². The Bertz CT molecular complexity index is 866. The van der Waals surface area contributed by atoms with E-state index in [0.29, 0.717) is 23.2 Å². The van der Waals surface area contributed by atoms with Gasteiger partial charge in [-0.25, -0.2) is 4.39 Å². The van der Waals surface area contributed by atoms with E-state index in [9.17, 15) is 9.18 Å². The van der Waals surface area contributed by atoms with Gasteiger partial charge in [0.15, 0.2) is 0 Å². The molecule has 1 aromatic heterocycles. The average molecular weight is 373 g/mol. The summed E-state index contributed by atoms with van der Waals surface area (Å²) in [4.78, 5) is 16.2. The van der Waals surface area contributed by atoms with E-state index < -0.39 is 0 Å². The van der Waals surface area contributed by atoms with Crippen LogP contribution in [0.1, 0.15) is 5.89 Å². The molecule has 26 heavy (non-hydrogen) atoms. The number of rotatable bonds is 7. The summed E-state index contributed by atoms with van der Waals surface area (Å²) in [6, 6.07) is 12.9. The molecule has 0 atom stereocenters. The number of nitrogens with one attached hydrogen (secondary N) is 1. The Balaban J connectivity index is 1.48. The Morgan fingerprint density at radius 1 is 1.19 bits per heavy atom. The highest BCUT2D eigenvalue weighted by Crippen LogP contribution is 2.21. The Hall–Kier alpha value is -2.87. The molecule has 0 aliphatic carbocycles. The first-order valence-corrected chi connectivity index (χ1v) is 8.89. The van der Waals surface area contributed by atoms with E-state index in [1.165, 1.54) is 36.0 Å². The quantitative estimate of drug-likeness (QED) is 0.680. The highest BCUT2D eigenvalue weighted by atomic mass is 32.2. The lowest BCUT2D eigenvalue weighted by Crippen LogP contribution is -2.14. The normalized spacial score (nSPS) is 10.5. The molecule has 3 rings (SSSR count). The molecule has 1 N–H and O–H groups in total. The van der Waals surface area contributed by atoms with Crippen LogP contribution in [-0.4, -0.2) is 28.9 Å². The Kier molecular flexibility index (Phi) is 5.85. The van der Waals surface area contributed by atoms with Gasteiger partial charge >= 0.3 is 0 Å². The maximum Gasteiger partial charge on any atom is 0.236 e. The molecule has 0 aliphatic heterocycles. The smallest absolute Gasteiger partial charge is 0.236 e. The highest BCUT2D eigenvalue weighted by molar-refractivity contribution is 7.99. The van der Waals surface area contributed by atoms with Crippen LogP contribution in [0.4, 0.5) is 10.1 Å². The summed E-state index contributed by atoms with van der Waals surface area (Å²) in [5.74, 6) is 1.78. The number of methoxy groups -OCH3 is 1. The second kappa shape index (κ2) is 8.48. The van der Waals surface area contributed by atoms with Crippen LogP contribution >= 0.6 is 11.8 Å². The molecule has 2 aromatic carbocycles. The summed E-state index contributed by atoms with van der Waals surface area (Å²) >= 11 is 1.35. The summed E-state index contributed by atoms with van der Waals surface area (Å²) in [6.45, 7) is 0. The largest absolute Gasteiger partial charge is 0.497 e. The monoisotopic (exact) mass is 373 g/mol. The molecule has 1 amide bonds. The van der Waals surface area contributed by atoms with Crippen molar-refractivity contribution in [1.82, 2.24) is 10.1 Å². The van der Waals surface area contributed by atoms with Gasteiger partial charge in [-0.1, -0.05) is 5.16 Å². The van der Waals surface area contributed by atoms with Gasteiger partial charge in [-0.3, -0.25) is 4.79 Å². The van der Waals surface area contributed by atoms with E-state index in [1.54, 1.807) is 7.11 Å². The maximum absolute atomic E-state index is 12.8. The van der Waals surface area contributed by atoms with Crippen molar-refractivity contribution in [1.29, 1.82) is 0 Å². The van der Waals surface area contributed by atoms with Crippen LogP contribution < -0.4 is 10.1 Å². The summed E-state index contributed by atoms with van der Waals surface area (Å²) < 4.78 is 23.1. The molecule has 6 nitrogen and oxygen atoms in total. The molecular formula is C18H16FN3O3S. The summed E-state index contributed by atoms with van der Waals surface area (Å²) in [5.41, 5.74) is 1.37. The number of carbonyl (C=O) groups excluding carboxylic acids is 1. The maximum atomic E-state index is 12.8. The molecule has 0 fully saturated rings. The lowest BCUT2D eigenvalue weighted by atomic mass is 10.2. The van der Waals surface area contributed by atoms with Gasteiger partial charge in [0.1, 0.15) is 11.6 Å². The van der Waals surface area contributed by atoms with Crippen molar-refractivity contribution in [3.05, 3.63) is 60.2 Å². The lowest BCUT2D eigenvalue weighted by Gasteiger charge is -2.03. The molecule has 0 spiro atoms. The fraction of sp³-hybridized carbons (Fsp3) is 0.167. The zero-order chi connectivity index (χ0) is 18.4. The van der Waals surface area contributed by atoms with Crippen molar-refractivity contribution in [2.24, 2.45) is 0 Å². The van der Waals surface area contributed by atoms with Gasteiger partial charge in [-0.2, -0.15) is 4.98 Å². The number of ether oxygens (including phenoxy) is 1. The number of halogens is 1. The Morgan fingerprint density at radius 2 is 1.92 bits per heavy atom. The number of aromatic nitrogens is 2. The molecule has 8 heteroatoms.